The zero-order valence-electron chi connectivity index (χ0n) is 22.9. The summed E-state index contributed by atoms with van der Waals surface area (Å²) in [6.07, 6.45) is 4.89. The van der Waals surface area contributed by atoms with Gasteiger partial charge in [-0.1, -0.05) is 0 Å². The first-order chi connectivity index (χ1) is 16.9. The second-order valence-electron chi connectivity index (χ2n) is 11.1. The number of hydrogen-bond acceptors (Lipinski definition) is 0. The van der Waals surface area contributed by atoms with E-state index < -0.39 is 21.3 Å². The van der Waals surface area contributed by atoms with Crippen molar-refractivity contribution in [3.05, 3.63) is 116 Å². The van der Waals surface area contributed by atoms with Crippen LogP contribution in [-0.4, -0.2) is 3.21 Å². The molecule has 0 nitrogen and oxygen atoms in total. The fourth-order valence-electron chi connectivity index (χ4n) is 6.49. The first kappa shape index (κ1) is 30.0. The Labute approximate surface area is 244 Å². The maximum absolute atomic E-state index is 2.62. The monoisotopic (exact) mass is 606 g/mol. The molecule has 192 valence electrons. The van der Waals surface area contributed by atoms with E-state index in [2.05, 4.69) is 126 Å². The summed E-state index contributed by atoms with van der Waals surface area (Å²) in [4.78, 5) is 0. The molecule has 0 spiro atoms. The molecule has 0 saturated heterocycles. The maximum atomic E-state index is 2.62. The molecule has 3 aromatic rings. The van der Waals surface area contributed by atoms with E-state index in [1.807, 2.05) is 3.28 Å². The van der Waals surface area contributed by atoms with E-state index in [1.165, 1.54) is 16.7 Å². The number of fused-ring (bicyclic) bond motifs is 3. The van der Waals surface area contributed by atoms with Crippen molar-refractivity contribution in [3.63, 3.8) is 0 Å². The minimum Gasteiger partial charge on any atom is -1.00 e. The number of hydrogen-bond donors (Lipinski definition) is 0. The van der Waals surface area contributed by atoms with Crippen LogP contribution < -0.4 is 24.8 Å². The van der Waals surface area contributed by atoms with E-state index in [4.69, 9.17) is 0 Å². The van der Waals surface area contributed by atoms with Gasteiger partial charge >= 0.3 is 221 Å². The van der Waals surface area contributed by atoms with Gasteiger partial charge in [0.15, 0.2) is 0 Å². The minimum atomic E-state index is -2.48. The molecule has 0 N–H and O–H groups in total. The van der Waals surface area contributed by atoms with Crippen LogP contribution in [-0.2, 0) is 21.3 Å². The van der Waals surface area contributed by atoms with Crippen molar-refractivity contribution in [1.29, 1.82) is 0 Å². The topological polar surface area (TPSA) is 0 Å². The molecular formula is C34H38Cl2Zr. The van der Waals surface area contributed by atoms with Crippen LogP contribution in [0.3, 0.4) is 0 Å². The molecule has 1 atom stereocenters. The van der Waals surface area contributed by atoms with Gasteiger partial charge in [-0.25, -0.2) is 0 Å². The molecule has 0 bridgehead atoms. The van der Waals surface area contributed by atoms with Crippen LogP contribution in [0.4, 0.5) is 0 Å². The first-order valence-electron chi connectivity index (χ1n) is 13.3. The quantitative estimate of drug-likeness (QED) is 0.417. The SMILES string of the molecule is CCC1=[C](/[Zr+2](=[C](\CC)c2ccccc2)[CH]2c3ccccc3-c3ccccc32)C(C)C=C1C(C)(C)C.[Cl-].[Cl-]. The summed E-state index contributed by atoms with van der Waals surface area (Å²) in [5.74, 6) is 0.527. The Balaban J connectivity index is 0.00000190. The van der Waals surface area contributed by atoms with E-state index in [0.717, 1.165) is 12.8 Å². The molecule has 1 unspecified atom stereocenters. The molecule has 3 heteroatoms. The van der Waals surface area contributed by atoms with Crippen LogP contribution in [0.25, 0.3) is 11.1 Å². The molecule has 2 aliphatic rings. The van der Waals surface area contributed by atoms with Crippen LogP contribution in [0.5, 0.6) is 0 Å². The Morgan fingerprint density at radius 3 is 1.76 bits per heavy atom. The third-order valence-electron chi connectivity index (χ3n) is 7.90. The molecule has 0 saturated carbocycles. The fraction of sp³-hybridized carbons (Fsp3) is 0.324. The van der Waals surface area contributed by atoms with Crippen molar-refractivity contribution in [2.24, 2.45) is 11.3 Å². The third-order valence-corrected chi connectivity index (χ3v) is 17.3. The molecule has 0 aliphatic heterocycles. The van der Waals surface area contributed by atoms with Gasteiger partial charge < -0.3 is 24.8 Å². The Morgan fingerprint density at radius 1 is 0.757 bits per heavy atom. The molecule has 5 rings (SSSR count). The van der Waals surface area contributed by atoms with Crippen LogP contribution in [0.2, 0.25) is 0 Å². The van der Waals surface area contributed by atoms with Gasteiger partial charge in [0.05, 0.1) is 0 Å². The van der Waals surface area contributed by atoms with Crippen molar-refractivity contribution in [2.45, 2.75) is 58.0 Å². The smallest absolute Gasteiger partial charge is 1.00 e. The normalized spacial score (nSPS) is 16.9. The second-order valence-corrected chi connectivity index (χ2v) is 17.3. The van der Waals surface area contributed by atoms with Gasteiger partial charge in [0, 0.05) is 0 Å². The zero-order chi connectivity index (χ0) is 24.7. The van der Waals surface area contributed by atoms with Gasteiger partial charge in [0.2, 0.25) is 0 Å². The Morgan fingerprint density at radius 2 is 1.27 bits per heavy atom. The molecule has 0 radical (unpaired) electrons. The van der Waals surface area contributed by atoms with E-state index in [-0.39, 0.29) is 30.2 Å². The standard InChI is InChI=1S/C13H9.C12H19.C9H10.2ClH.Zr/c1-3-7-12-10(5-1)9-11-6-2-4-8-13(11)12;1-6-10-7-9(2)8-11(10)12(3,4)5;1-2-6-9-7-4-3-5-8-9;;;/h1-9H;8-9H,6H2,1-5H3;3-5,7-8H,2H2,1H3;2*1H;/q;;;;;+2/p-2. The molecule has 2 aliphatic carbocycles. The summed E-state index contributed by atoms with van der Waals surface area (Å²) in [6.45, 7) is 14.5. The molecule has 0 fully saturated rings. The van der Waals surface area contributed by atoms with Gasteiger partial charge in [-0.05, 0) is 0 Å². The van der Waals surface area contributed by atoms with Crippen LogP contribution in [0.15, 0.2) is 99.4 Å². The van der Waals surface area contributed by atoms with Crippen molar-refractivity contribution in [2.75, 3.05) is 0 Å². The van der Waals surface area contributed by atoms with Crippen molar-refractivity contribution in [1.82, 2.24) is 0 Å². The summed E-state index contributed by atoms with van der Waals surface area (Å²) in [5, 5.41) is 0. The molecule has 3 aromatic carbocycles. The van der Waals surface area contributed by atoms with Gasteiger partial charge in [0.25, 0.3) is 0 Å². The van der Waals surface area contributed by atoms with Gasteiger partial charge in [-0.15, -0.1) is 0 Å². The molecular weight excluding hydrogens is 571 g/mol. The largest absolute Gasteiger partial charge is 1.00 e. The summed E-state index contributed by atoms with van der Waals surface area (Å²) < 4.78 is 4.14. The Hall–Kier alpha value is -1.53. The van der Waals surface area contributed by atoms with Gasteiger partial charge in [0.1, 0.15) is 0 Å². The summed E-state index contributed by atoms with van der Waals surface area (Å²) in [5.41, 5.74) is 11.0. The van der Waals surface area contributed by atoms with Gasteiger partial charge in [-0.2, -0.15) is 0 Å². The van der Waals surface area contributed by atoms with Crippen molar-refractivity contribution in [3.8, 4) is 11.1 Å². The Kier molecular flexibility index (Phi) is 9.83. The van der Waals surface area contributed by atoms with Crippen LogP contribution >= 0.6 is 0 Å². The fourth-order valence-corrected chi connectivity index (χ4v) is 16.8. The molecule has 0 amide bonds. The number of rotatable bonds is 5. The number of allylic oxidation sites excluding steroid dienone is 4. The second kappa shape index (κ2) is 12.1. The van der Waals surface area contributed by atoms with Crippen LogP contribution in [0.1, 0.15) is 74.7 Å². The Bertz CT molecular complexity index is 1310. The average molecular weight is 609 g/mol. The van der Waals surface area contributed by atoms with E-state index in [1.54, 1.807) is 25.5 Å². The summed E-state index contributed by atoms with van der Waals surface area (Å²) in [6, 6.07) is 29.9. The van der Waals surface area contributed by atoms with E-state index >= 15 is 0 Å². The summed E-state index contributed by atoms with van der Waals surface area (Å²) in [7, 11) is 0. The van der Waals surface area contributed by atoms with E-state index in [9.17, 15) is 0 Å². The zero-order valence-corrected chi connectivity index (χ0v) is 26.9. The maximum Gasteiger partial charge on any atom is -1.00 e. The van der Waals surface area contributed by atoms with E-state index in [0.29, 0.717) is 9.54 Å². The van der Waals surface area contributed by atoms with Crippen molar-refractivity contribution < 1.29 is 46.1 Å². The molecule has 0 heterocycles. The van der Waals surface area contributed by atoms with Crippen LogP contribution in [0, 0.1) is 11.3 Å². The average Bonchev–Trinajstić information content (AvgIpc) is 3.38. The first-order valence-corrected chi connectivity index (χ1v) is 17.2. The number of benzene rings is 3. The minimum absolute atomic E-state index is 0. The predicted octanol–water partition coefficient (Wildman–Crippen LogP) is 3.30. The predicted molar refractivity (Wildman–Crippen MR) is 149 cm³/mol. The third kappa shape index (κ3) is 5.34. The summed E-state index contributed by atoms with van der Waals surface area (Å²) >= 11 is -2.48. The van der Waals surface area contributed by atoms with Gasteiger partial charge in [-0.3, -0.25) is 0 Å². The number of halogens is 2. The van der Waals surface area contributed by atoms with Crippen molar-refractivity contribution >= 4 is 3.21 Å². The molecule has 37 heavy (non-hydrogen) atoms. The molecule has 0 aromatic heterocycles.